The summed E-state index contributed by atoms with van der Waals surface area (Å²) in [5.74, 6) is -0.276. The molecule has 0 saturated carbocycles. The van der Waals surface area contributed by atoms with Gasteiger partial charge in [0, 0.05) is 12.1 Å². The van der Waals surface area contributed by atoms with Crippen molar-refractivity contribution in [2.45, 2.75) is 19.9 Å². The molecule has 3 rings (SSSR count). The van der Waals surface area contributed by atoms with E-state index in [2.05, 4.69) is 5.10 Å². The number of aromatic nitrogens is 2. The van der Waals surface area contributed by atoms with Crippen LogP contribution in [0.2, 0.25) is 0 Å². The number of carbonyl (C=O) groups is 1. The lowest BCUT2D eigenvalue weighted by molar-refractivity contribution is -0.139. The number of hydrogen-bond donors (Lipinski definition) is 1. The maximum absolute atomic E-state index is 12.0. The lowest BCUT2D eigenvalue weighted by atomic mass is 9.99. The Bertz CT molecular complexity index is 1040. The normalized spacial score (nSPS) is 10.6. The van der Waals surface area contributed by atoms with Gasteiger partial charge >= 0.3 is 5.97 Å². The zero-order chi connectivity index (χ0) is 19.4. The van der Waals surface area contributed by atoms with E-state index in [1.165, 1.54) is 11.8 Å². The van der Waals surface area contributed by atoms with Crippen molar-refractivity contribution >= 4 is 11.7 Å². The third-order valence-electron chi connectivity index (χ3n) is 4.30. The Morgan fingerprint density at radius 3 is 2.44 bits per heavy atom. The lowest BCUT2D eigenvalue weighted by Crippen LogP contribution is -2.24. The van der Waals surface area contributed by atoms with Crippen LogP contribution in [-0.4, -0.2) is 22.9 Å². The fraction of sp³-hybridized carbons (Fsp3) is 0.190. The Hall–Kier alpha value is -3.41. The number of carbonyl (C=O) groups excluding carboxylic acids is 1. The van der Waals surface area contributed by atoms with Gasteiger partial charge in [0.05, 0.1) is 19.2 Å². The van der Waals surface area contributed by atoms with Crippen molar-refractivity contribution < 1.29 is 9.53 Å². The van der Waals surface area contributed by atoms with Crippen LogP contribution in [0.3, 0.4) is 0 Å². The smallest absolute Gasteiger partial charge is 0.309 e. The SMILES string of the molecule is CCn1nc(-c2cccc(-c3cccc(CC(=O)OC)c3)c2)cc(N)c1=O. The van der Waals surface area contributed by atoms with Gasteiger partial charge in [0.15, 0.2) is 0 Å². The van der Waals surface area contributed by atoms with E-state index in [0.717, 1.165) is 22.3 Å². The first-order valence-electron chi connectivity index (χ1n) is 8.66. The van der Waals surface area contributed by atoms with Crippen LogP contribution in [0.5, 0.6) is 0 Å². The molecule has 0 spiro atoms. The van der Waals surface area contributed by atoms with Gasteiger partial charge in [0.2, 0.25) is 0 Å². The second-order valence-electron chi connectivity index (χ2n) is 6.14. The molecule has 2 N–H and O–H groups in total. The Morgan fingerprint density at radius 1 is 1.07 bits per heavy atom. The molecule has 0 unspecified atom stereocenters. The van der Waals surface area contributed by atoms with Crippen LogP contribution in [0, 0.1) is 0 Å². The summed E-state index contributed by atoms with van der Waals surface area (Å²) in [4.78, 5) is 23.5. The maximum atomic E-state index is 12.0. The van der Waals surface area contributed by atoms with Crippen molar-refractivity contribution in [3.63, 3.8) is 0 Å². The van der Waals surface area contributed by atoms with E-state index in [0.29, 0.717) is 12.2 Å². The van der Waals surface area contributed by atoms with Gasteiger partial charge in [-0.2, -0.15) is 5.10 Å². The van der Waals surface area contributed by atoms with Crippen molar-refractivity contribution in [3.8, 4) is 22.4 Å². The van der Waals surface area contributed by atoms with Crippen LogP contribution >= 0.6 is 0 Å². The lowest BCUT2D eigenvalue weighted by Gasteiger charge is -2.09. The first kappa shape index (κ1) is 18.4. The Kier molecular flexibility index (Phi) is 5.35. The molecule has 0 bridgehead atoms. The molecule has 1 aromatic heterocycles. The molecule has 0 aliphatic heterocycles. The minimum atomic E-state index is -0.284. The summed E-state index contributed by atoms with van der Waals surface area (Å²) in [5, 5.41) is 4.39. The molecule has 2 aromatic carbocycles. The number of methoxy groups -OCH3 is 1. The van der Waals surface area contributed by atoms with Crippen LogP contribution in [0.1, 0.15) is 12.5 Å². The highest BCUT2D eigenvalue weighted by molar-refractivity contribution is 5.75. The molecule has 6 nitrogen and oxygen atoms in total. The first-order valence-corrected chi connectivity index (χ1v) is 8.66. The summed E-state index contributed by atoms with van der Waals surface area (Å²) < 4.78 is 6.09. The van der Waals surface area contributed by atoms with Gasteiger partial charge in [-0.1, -0.05) is 42.5 Å². The van der Waals surface area contributed by atoms with Gasteiger partial charge in [-0.05, 0) is 35.7 Å². The number of rotatable bonds is 5. The van der Waals surface area contributed by atoms with Crippen LogP contribution < -0.4 is 11.3 Å². The number of ether oxygens (including phenoxy) is 1. The molecule has 6 heteroatoms. The summed E-state index contributed by atoms with van der Waals surface area (Å²) in [6, 6.07) is 17.2. The Labute approximate surface area is 157 Å². The summed E-state index contributed by atoms with van der Waals surface area (Å²) >= 11 is 0. The minimum absolute atomic E-state index is 0.173. The summed E-state index contributed by atoms with van der Waals surface area (Å²) in [5.41, 5.74) is 10.1. The van der Waals surface area contributed by atoms with E-state index >= 15 is 0 Å². The van der Waals surface area contributed by atoms with E-state index < -0.39 is 0 Å². The quantitative estimate of drug-likeness (QED) is 0.704. The molecule has 1 heterocycles. The number of hydrogen-bond acceptors (Lipinski definition) is 5. The molecule has 0 atom stereocenters. The van der Waals surface area contributed by atoms with Crippen molar-refractivity contribution in [2.24, 2.45) is 0 Å². The molecular weight excluding hydrogens is 342 g/mol. The van der Waals surface area contributed by atoms with Gasteiger partial charge in [-0.3, -0.25) is 9.59 Å². The Balaban J connectivity index is 2.00. The number of benzene rings is 2. The summed E-state index contributed by atoms with van der Waals surface area (Å²) in [6.45, 7) is 2.30. The van der Waals surface area contributed by atoms with E-state index in [9.17, 15) is 9.59 Å². The number of anilines is 1. The van der Waals surface area contributed by atoms with E-state index in [4.69, 9.17) is 10.5 Å². The predicted molar refractivity (Wildman–Crippen MR) is 105 cm³/mol. The molecule has 0 amide bonds. The molecule has 0 saturated heterocycles. The summed E-state index contributed by atoms with van der Waals surface area (Å²) in [7, 11) is 1.38. The first-order chi connectivity index (χ1) is 13.0. The number of nitrogens with zero attached hydrogens (tertiary/aromatic N) is 2. The van der Waals surface area contributed by atoms with Crippen molar-refractivity contribution in [3.05, 3.63) is 70.5 Å². The molecule has 0 fully saturated rings. The number of esters is 1. The van der Waals surface area contributed by atoms with E-state index in [1.54, 1.807) is 6.07 Å². The largest absolute Gasteiger partial charge is 0.469 e. The molecule has 27 heavy (non-hydrogen) atoms. The molecule has 0 radical (unpaired) electrons. The average Bonchev–Trinajstić information content (AvgIpc) is 2.70. The molecular formula is C21H21N3O3. The van der Waals surface area contributed by atoms with Crippen LogP contribution in [0.15, 0.2) is 59.4 Å². The zero-order valence-corrected chi connectivity index (χ0v) is 15.3. The molecule has 3 aromatic rings. The van der Waals surface area contributed by atoms with Gasteiger partial charge in [0.25, 0.3) is 5.56 Å². The highest BCUT2D eigenvalue weighted by Crippen LogP contribution is 2.26. The van der Waals surface area contributed by atoms with Crippen LogP contribution in [0.4, 0.5) is 5.69 Å². The standard InChI is InChI=1S/C21H21N3O3/c1-3-24-21(26)18(22)13-19(23-24)17-9-5-8-16(12-17)15-7-4-6-14(10-15)11-20(25)27-2/h4-10,12-13H,3,11,22H2,1-2H3. The van der Waals surface area contributed by atoms with Gasteiger partial charge in [-0.15, -0.1) is 0 Å². The van der Waals surface area contributed by atoms with Crippen LogP contribution in [0.25, 0.3) is 22.4 Å². The average molecular weight is 363 g/mol. The third kappa shape index (κ3) is 4.06. The fourth-order valence-corrected chi connectivity index (χ4v) is 2.88. The van der Waals surface area contributed by atoms with E-state index in [1.807, 2.05) is 55.5 Å². The van der Waals surface area contributed by atoms with Gasteiger partial charge in [-0.25, -0.2) is 4.68 Å². The summed E-state index contributed by atoms with van der Waals surface area (Å²) in [6.07, 6.45) is 0.226. The highest BCUT2D eigenvalue weighted by atomic mass is 16.5. The molecule has 0 aliphatic carbocycles. The van der Waals surface area contributed by atoms with Gasteiger partial charge in [0.1, 0.15) is 5.69 Å². The Morgan fingerprint density at radius 2 is 1.74 bits per heavy atom. The number of nitrogen functional groups attached to an aromatic ring is 1. The third-order valence-corrected chi connectivity index (χ3v) is 4.30. The minimum Gasteiger partial charge on any atom is -0.469 e. The van der Waals surface area contributed by atoms with Crippen molar-refractivity contribution in [2.75, 3.05) is 12.8 Å². The number of aryl methyl sites for hydroxylation is 1. The second-order valence-corrected chi connectivity index (χ2v) is 6.14. The van der Waals surface area contributed by atoms with Crippen molar-refractivity contribution in [1.82, 2.24) is 9.78 Å². The second kappa shape index (κ2) is 7.86. The topological polar surface area (TPSA) is 87.2 Å². The van der Waals surface area contributed by atoms with E-state index in [-0.39, 0.29) is 23.6 Å². The van der Waals surface area contributed by atoms with Crippen molar-refractivity contribution in [1.29, 1.82) is 0 Å². The zero-order valence-electron chi connectivity index (χ0n) is 15.3. The highest BCUT2D eigenvalue weighted by Gasteiger charge is 2.09. The van der Waals surface area contributed by atoms with Gasteiger partial charge < -0.3 is 10.5 Å². The fourth-order valence-electron chi connectivity index (χ4n) is 2.88. The van der Waals surface area contributed by atoms with Crippen LogP contribution in [-0.2, 0) is 22.5 Å². The maximum Gasteiger partial charge on any atom is 0.309 e. The molecule has 138 valence electrons. The monoisotopic (exact) mass is 363 g/mol. The molecule has 0 aliphatic rings. The number of nitrogens with two attached hydrogens (primary N) is 1. The predicted octanol–water partition coefficient (Wildman–Crippen LogP) is 2.89.